The Hall–Kier alpha value is -3.59. The highest BCUT2D eigenvalue weighted by Gasteiger charge is 2.26. The van der Waals surface area contributed by atoms with Crippen LogP contribution in [-0.4, -0.2) is 42.3 Å². The lowest BCUT2D eigenvalue weighted by atomic mass is 10.0. The van der Waals surface area contributed by atoms with E-state index in [2.05, 4.69) is 11.2 Å². The Labute approximate surface area is 194 Å². The molecule has 3 N–H and O–H groups in total. The third-order valence-corrected chi connectivity index (χ3v) is 4.55. The lowest BCUT2D eigenvalue weighted by molar-refractivity contribution is -0.183. The van der Waals surface area contributed by atoms with Crippen LogP contribution < -0.4 is 10.8 Å². The minimum atomic E-state index is -1.50. The molecule has 0 spiro atoms. The first-order chi connectivity index (χ1) is 16.1. The van der Waals surface area contributed by atoms with Gasteiger partial charge in [-0.15, -0.1) is 6.42 Å². The maximum Gasteiger partial charge on any atom is 0.277 e. The molecular formula is C23H24F3N3O5. The fourth-order valence-corrected chi connectivity index (χ4v) is 2.83. The van der Waals surface area contributed by atoms with Gasteiger partial charge in [0.2, 0.25) is 5.91 Å². The number of terminal acetylenes is 1. The van der Waals surface area contributed by atoms with E-state index in [1.807, 2.05) is 5.48 Å². The minimum Gasteiger partial charge on any atom is -0.394 e. The second-order valence-corrected chi connectivity index (χ2v) is 7.27. The van der Waals surface area contributed by atoms with Gasteiger partial charge in [0, 0.05) is 17.0 Å². The van der Waals surface area contributed by atoms with Gasteiger partial charge in [-0.2, -0.15) is 0 Å². The van der Waals surface area contributed by atoms with E-state index in [1.165, 1.54) is 19.2 Å². The first-order valence-electron chi connectivity index (χ1n) is 10.1. The summed E-state index contributed by atoms with van der Waals surface area (Å²) in [4.78, 5) is 34.6. The van der Waals surface area contributed by atoms with Crippen LogP contribution in [0, 0.1) is 35.7 Å². The first-order valence-corrected chi connectivity index (χ1v) is 10.1. The van der Waals surface area contributed by atoms with Crippen molar-refractivity contribution in [3.63, 3.8) is 0 Å². The van der Waals surface area contributed by atoms with Crippen molar-refractivity contribution in [2.45, 2.75) is 20.4 Å². The summed E-state index contributed by atoms with van der Waals surface area (Å²) in [5.74, 6) is -3.53. The molecule has 0 saturated carbocycles. The maximum absolute atomic E-state index is 15.2. The smallest absolute Gasteiger partial charge is 0.277 e. The van der Waals surface area contributed by atoms with E-state index < -0.39 is 59.6 Å². The Bertz CT molecular complexity index is 1100. The number of hydroxylamine groups is 3. The number of aliphatic hydroxyl groups is 1. The van der Waals surface area contributed by atoms with Gasteiger partial charge in [0.1, 0.15) is 5.82 Å². The van der Waals surface area contributed by atoms with Crippen molar-refractivity contribution < 1.29 is 37.5 Å². The largest absolute Gasteiger partial charge is 0.394 e. The van der Waals surface area contributed by atoms with Crippen molar-refractivity contribution >= 4 is 23.2 Å². The molecule has 11 heteroatoms. The van der Waals surface area contributed by atoms with Gasteiger partial charge < -0.3 is 10.4 Å². The summed E-state index contributed by atoms with van der Waals surface area (Å²) >= 11 is 0. The predicted octanol–water partition coefficient (Wildman–Crippen LogP) is 3.03. The molecule has 8 nitrogen and oxygen atoms in total. The summed E-state index contributed by atoms with van der Waals surface area (Å²) in [7, 11) is 1.18. The highest BCUT2D eigenvalue weighted by molar-refractivity contribution is 6.00. The number of hydrogen-bond donors (Lipinski definition) is 3. The minimum absolute atomic E-state index is 0.217. The van der Waals surface area contributed by atoms with Crippen LogP contribution in [0.15, 0.2) is 24.3 Å². The van der Waals surface area contributed by atoms with Gasteiger partial charge >= 0.3 is 0 Å². The number of nitrogens with one attached hydrogen (secondary N) is 2. The molecule has 0 radical (unpaired) electrons. The number of amides is 2. The summed E-state index contributed by atoms with van der Waals surface area (Å²) < 4.78 is 44.5. The van der Waals surface area contributed by atoms with E-state index >= 15 is 4.39 Å². The van der Waals surface area contributed by atoms with E-state index in [-0.39, 0.29) is 23.4 Å². The van der Waals surface area contributed by atoms with E-state index in [9.17, 15) is 18.4 Å². The fraction of sp³-hybridized carbons (Fsp3) is 0.304. The zero-order valence-electron chi connectivity index (χ0n) is 18.7. The second kappa shape index (κ2) is 12.0. The van der Waals surface area contributed by atoms with Crippen molar-refractivity contribution in [3.8, 4) is 12.3 Å². The Morgan fingerprint density at radius 3 is 2.47 bits per heavy atom. The number of aliphatic hydroxyl groups excluding tert-OH is 1. The lowest BCUT2D eigenvalue weighted by Gasteiger charge is -2.23. The number of carbonyl (C=O) groups is 2. The molecule has 0 fully saturated rings. The average Bonchev–Trinajstić information content (AvgIpc) is 2.82. The van der Waals surface area contributed by atoms with Crippen molar-refractivity contribution in [3.05, 3.63) is 58.4 Å². The van der Waals surface area contributed by atoms with Crippen LogP contribution in [0.25, 0.3) is 0 Å². The Morgan fingerprint density at radius 2 is 1.91 bits per heavy atom. The van der Waals surface area contributed by atoms with Crippen LogP contribution >= 0.6 is 0 Å². The van der Waals surface area contributed by atoms with Crippen molar-refractivity contribution in [2.24, 2.45) is 5.92 Å². The number of nitrogens with zero attached hydrogens (tertiary/aromatic N) is 1. The third kappa shape index (κ3) is 6.26. The van der Waals surface area contributed by atoms with Crippen molar-refractivity contribution in [2.75, 3.05) is 25.6 Å². The van der Waals surface area contributed by atoms with Gasteiger partial charge in [-0.25, -0.2) is 23.7 Å². The Balaban J connectivity index is 2.55. The summed E-state index contributed by atoms with van der Waals surface area (Å²) in [6.45, 7) is 1.99. The van der Waals surface area contributed by atoms with Crippen LogP contribution in [0.1, 0.15) is 35.3 Å². The van der Waals surface area contributed by atoms with Gasteiger partial charge in [0.05, 0.1) is 43.8 Å². The SMILES string of the molecule is C#Cc1ccc(Nc2c(C(=O)NOCCO)cc(CN(OC)C(=O)C(C)C)c(F)c2F)c(F)c1. The summed E-state index contributed by atoms with van der Waals surface area (Å²) in [5, 5.41) is 12.0. The maximum atomic E-state index is 15.2. The van der Waals surface area contributed by atoms with Crippen LogP contribution in [0.5, 0.6) is 0 Å². The molecule has 0 aliphatic rings. The van der Waals surface area contributed by atoms with Crippen molar-refractivity contribution in [1.29, 1.82) is 0 Å². The predicted molar refractivity (Wildman–Crippen MR) is 117 cm³/mol. The lowest BCUT2D eigenvalue weighted by Crippen LogP contribution is -2.33. The number of benzene rings is 2. The van der Waals surface area contributed by atoms with Crippen LogP contribution in [0.4, 0.5) is 24.5 Å². The third-order valence-electron chi connectivity index (χ3n) is 4.55. The molecule has 182 valence electrons. The number of anilines is 2. The Morgan fingerprint density at radius 1 is 1.21 bits per heavy atom. The highest BCUT2D eigenvalue weighted by atomic mass is 19.2. The van der Waals surface area contributed by atoms with Crippen LogP contribution in [0.2, 0.25) is 0 Å². The zero-order chi connectivity index (χ0) is 25.4. The van der Waals surface area contributed by atoms with Gasteiger partial charge in [-0.05, 0) is 24.3 Å². The standard InChI is InChI=1S/C23H24F3N3O5/c1-5-14-6-7-18(17(24)10-14)27-21-16(22(31)28-34-9-8-30)11-15(19(25)20(21)26)12-29(33-4)23(32)13(2)3/h1,6-7,10-11,13,27,30H,8-9,12H2,2-4H3,(H,28,31). The molecule has 34 heavy (non-hydrogen) atoms. The van der Waals surface area contributed by atoms with Crippen LogP contribution in [-0.2, 0) is 21.0 Å². The highest BCUT2D eigenvalue weighted by Crippen LogP contribution is 2.31. The first kappa shape index (κ1) is 26.7. The van der Waals surface area contributed by atoms with Gasteiger partial charge in [-0.1, -0.05) is 19.8 Å². The summed E-state index contributed by atoms with van der Waals surface area (Å²) in [6.07, 6.45) is 5.23. The molecule has 0 aliphatic carbocycles. The molecule has 0 unspecified atom stereocenters. The molecule has 0 saturated heterocycles. The van der Waals surface area contributed by atoms with E-state index in [4.69, 9.17) is 21.2 Å². The number of rotatable bonds is 10. The topological polar surface area (TPSA) is 100 Å². The average molecular weight is 479 g/mol. The molecule has 0 aromatic heterocycles. The molecule has 0 aliphatic heterocycles. The van der Waals surface area contributed by atoms with E-state index in [0.29, 0.717) is 0 Å². The molecule has 2 aromatic carbocycles. The number of halogens is 3. The van der Waals surface area contributed by atoms with E-state index in [1.54, 1.807) is 13.8 Å². The molecule has 2 amide bonds. The second-order valence-electron chi connectivity index (χ2n) is 7.27. The Kier molecular flexibility index (Phi) is 9.44. The molecule has 0 heterocycles. The molecular weight excluding hydrogens is 455 g/mol. The molecule has 2 aromatic rings. The van der Waals surface area contributed by atoms with E-state index in [0.717, 1.165) is 17.2 Å². The fourth-order valence-electron chi connectivity index (χ4n) is 2.83. The summed E-state index contributed by atoms with van der Waals surface area (Å²) in [5.41, 5.74) is 0.404. The molecule has 0 bridgehead atoms. The number of hydrogen-bond acceptors (Lipinski definition) is 6. The molecule has 2 rings (SSSR count). The monoisotopic (exact) mass is 479 g/mol. The van der Waals surface area contributed by atoms with Gasteiger partial charge in [0.25, 0.3) is 5.91 Å². The molecule has 0 atom stereocenters. The van der Waals surface area contributed by atoms with Gasteiger partial charge in [0.15, 0.2) is 11.6 Å². The quantitative estimate of drug-likeness (QED) is 0.275. The normalized spacial score (nSPS) is 10.7. The zero-order valence-corrected chi connectivity index (χ0v) is 18.7. The van der Waals surface area contributed by atoms with Crippen molar-refractivity contribution in [1.82, 2.24) is 10.5 Å². The van der Waals surface area contributed by atoms with Gasteiger partial charge in [-0.3, -0.25) is 19.3 Å². The summed E-state index contributed by atoms with van der Waals surface area (Å²) in [6, 6.07) is 4.55. The number of carbonyl (C=O) groups excluding carboxylic acids is 2. The van der Waals surface area contributed by atoms with Crippen LogP contribution in [0.3, 0.4) is 0 Å².